The maximum Gasteiger partial charge on any atom is 0.290 e. The van der Waals surface area contributed by atoms with E-state index in [0.717, 1.165) is 12.1 Å². The summed E-state index contributed by atoms with van der Waals surface area (Å²) in [7, 11) is 0. The molecule has 0 spiro atoms. The number of nitrogens with one attached hydrogen (secondary N) is 1. The van der Waals surface area contributed by atoms with Gasteiger partial charge in [-0.05, 0) is 0 Å². The summed E-state index contributed by atoms with van der Waals surface area (Å²) in [5.74, 6) is -5.25. The molecule has 1 atom stereocenters. The Morgan fingerprint density at radius 2 is 1.67 bits per heavy atom. The molecule has 1 heterocycles. The van der Waals surface area contributed by atoms with E-state index in [9.17, 15) is 24.1 Å². The van der Waals surface area contributed by atoms with Crippen molar-refractivity contribution < 1.29 is 29.2 Å². The molecule has 1 aromatic rings. The molecule has 0 amide bonds. The van der Waals surface area contributed by atoms with Crippen LogP contribution in [0.3, 0.4) is 0 Å². The minimum Gasteiger partial charge on any atom is -0.508 e. The van der Waals surface area contributed by atoms with Gasteiger partial charge in [0.1, 0.15) is 29.9 Å². The predicted octanol–water partition coefficient (Wildman–Crippen LogP) is 0.377. The van der Waals surface area contributed by atoms with Crippen LogP contribution in [0.5, 0.6) is 17.2 Å². The molecule has 0 saturated carbocycles. The number of nitrogens with zero attached hydrogens (tertiary/aromatic N) is 1. The number of hydrogen-bond acceptors (Lipinski definition) is 6. The van der Waals surface area contributed by atoms with Crippen LogP contribution in [0.2, 0.25) is 0 Å². The first-order valence-electron chi connectivity index (χ1n) is 6.55. The minimum absolute atomic E-state index is 0.278. The van der Waals surface area contributed by atoms with Gasteiger partial charge < -0.3 is 25.7 Å². The van der Waals surface area contributed by atoms with Crippen molar-refractivity contribution in [2.24, 2.45) is 0 Å². The molecule has 8 heteroatoms. The second kappa shape index (κ2) is 6.00. The lowest BCUT2D eigenvalue weighted by atomic mass is 9.96. The molecule has 118 valence electrons. The first kappa shape index (κ1) is 15.7. The van der Waals surface area contributed by atoms with Crippen molar-refractivity contribution >= 4 is 0 Å². The van der Waals surface area contributed by atoms with Crippen LogP contribution >= 0.6 is 0 Å². The topological polar surface area (TPSA) is 96.2 Å². The molecule has 1 aliphatic rings. The average molecular weight is 304 g/mol. The van der Waals surface area contributed by atoms with E-state index in [-0.39, 0.29) is 13.1 Å². The molecule has 21 heavy (non-hydrogen) atoms. The van der Waals surface area contributed by atoms with Gasteiger partial charge in [-0.25, -0.2) is 8.78 Å². The van der Waals surface area contributed by atoms with E-state index in [1.54, 1.807) is 0 Å². The number of rotatable bonds is 4. The van der Waals surface area contributed by atoms with E-state index in [2.05, 4.69) is 5.32 Å². The standard InChI is InChI=1S/C13H18F2N2O4/c14-13(15,7-18)12(17-3-1-16-2-4-17)11-9(20)5-8(19)6-10(11)21/h5-6,12,16,18-21H,1-4,7H2/t12-/m0/s1. The highest BCUT2D eigenvalue weighted by Crippen LogP contribution is 2.45. The Bertz CT molecular complexity index is 484. The molecule has 0 unspecified atom stereocenters. The van der Waals surface area contributed by atoms with Crippen LogP contribution in [0.4, 0.5) is 8.78 Å². The van der Waals surface area contributed by atoms with Gasteiger partial charge in [0.05, 0.1) is 5.56 Å². The number of alkyl halides is 2. The van der Waals surface area contributed by atoms with Crippen molar-refractivity contribution in [1.82, 2.24) is 10.2 Å². The fraction of sp³-hybridized carbons (Fsp3) is 0.538. The smallest absolute Gasteiger partial charge is 0.290 e. The van der Waals surface area contributed by atoms with Gasteiger partial charge in [0, 0.05) is 38.3 Å². The second-order valence-corrected chi connectivity index (χ2v) is 5.01. The van der Waals surface area contributed by atoms with E-state index < -0.39 is 41.4 Å². The highest BCUT2D eigenvalue weighted by molar-refractivity contribution is 5.51. The molecule has 2 rings (SSSR count). The monoisotopic (exact) mass is 304 g/mol. The summed E-state index contributed by atoms with van der Waals surface area (Å²) in [4.78, 5) is 1.39. The molecule has 1 aliphatic heterocycles. The third kappa shape index (κ3) is 3.17. The van der Waals surface area contributed by atoms with E-state index >= 15 is 0 Å². The van der Waals surface area contributed by atoms with Crippen molar-refractivity contribution in [1.29, 1.82) is 0 Å². The predicted molar refractivity (Wildman–Crippen MR) is 70.7 cm³/mol. The van der Waals surface area contributed by atoms with Crippen molar-refractivity contribution in [2.75, 3.05) is 32.8 Å². The maximum atomic E-state index is 14.2. The molecule has 1 saturated heterocycles. The normalized spacial score (nSPS) is 18.6. The molecule has 1 fully saturated rings. The van der Waals surface area contributed by atoms with Crippen LogP contribution in [0.1, 0.15) is 11.6 Å². The Morgan fingerprint density at radius 1 is 1.14 bits per heavy atom. The summed E-state index contributed by atoms with van der Waals surface area (Å²) in [6, 6.07) is 0.0975. The largest absolute Gasteiger partial charge is 0.508 e. The summed E-state index contributed by atoms with van der Waals surface area (Å²) >= 11 is 0. The van der Waals surface area contributed by atoms with E-state index in [1.165, 1.54) is 4.90 Å². The Morgan fingerprint density at radius 3 is 2.14 bits per heavy atom. The van der Waals surface area contributed by atoms with Crippen LogP contribution in [-0.2, 0) is 0 Å². The van der Waals surface area contributed by atoms with Crippen LogP contribution < -0.4 is 5.32 Å². The molecule has 0 aromatic heterocycles. The van der Waals surface area contributed by atoms with Gasteiger partial charge in [-0.2, -0.15) is 0 Å². The molecule has 0 aliphatic carbocycles. The van der Waals surface area contributed by atoms with Crippen LogP contribution in [0.15, 0.2) is 12.1 Å². The summed E-state index contributed by atoms with van der Waals surface area (Å²) in [5.41, 5.74) is -0.395. The zero-order valence-corrected chi connectivity index (χ0v) is 11.3. The van der Waals surface area contributed by atoms with Gasteiger partial charge in [0.2, 0.25) is 0 Å². The summed E-state index contributed by atoms with van der Waals surface area (Å²) in [6.45, 7) is 0.108. The molecular formula is C13H18F2N2O4. The zero-order chi connectivity index (χ0) is 15.6. The average Bonchev–Trinajstić information content (AvgIpc) is 2.43. The van der Waals surface area contributed by atoms with Gasteiger partial charge in [-0.1, -0.05) is 0 Å². The Kier molecular flexibility index (Phi) is 4.50. The number of aromatic hydroxyl groups is 3. The van der Waals surface area contributed by atoms with Gasteiger partial charge >= 0.3 is 0 Å². The van der Waals surface area contributed by atoms with Gasteiger partial charge in [0.15, 0.2) is 0 Å². The van der Waals surface area contributed by atoms with Gasteiger partial charge in [-0.3, -0.25) is 4.90 Å². The fourth-order valence-electron chi connectivity index (χ4n) is 2.58. The number of aliphatic hydroxyl groups excluding tert-OH is 1. The molecular weight excluding hydrogens is 286 g/mol. The number of benzene rings is 1. The molecule has 6 nitrogen and oxygen atoms in total. The Hall–Kier alpha value is -1.64. The van der Waals surface area contributed by atoms with Crippen LogP contribution in [-0.4, -0.2) is 64.0 Å². The third-order valence-electron chi connectivity index (χ3n) is 3.52. The number of halogens is 2. The van der Waals surface area contributed by atoms with Crippen molar-refractivity contribution in [3.63, 3.8) is 0 Å². The molecule has 0 radical (unpaired) electrons. The van der Waals surface area contributed by atoms with Gasteiger partial charge in [0.25, 0.3) is 5.92 Å². The first-order valence-corrected chi connectivity index (χ1v) is 6.55. The van der Waals surface area contributed by atoms with E-state index in [1.807, 2.05) is 0 Å². The number of phenols is 3. The summed E-state index contributed by atoms with van der Waals surface area (Å²) in [5, 5.41) is 41.0. The third-order valence-corrected chi connectivity index (χ3v) is 3.52. The molecule has 0 bridgehead atoms. The van der Waals surface area contributed by atoms with E-state index in [4.69, 9.17) is 5.11 Å². The summed E-state index contributed by atoms with van der Waals surface area (Å²) < 4.78 is 28.3. The lowest BCUT2D eigenvalue weighted by Gasteiger charge is -2.39. The minimum atomic E-state index is -3.55. The zero-order valence-electron chi connectivity index (χ0n) is 11.3. The van der Waals surface area contributed by atoms with Crippen LogP contribution in [0.25, 0.3) is 0 Å². The molecule has 5 N–H and O–H groups in total. The van der Waals surface area contributed by atoms with Crippen molar-refractivity contribution in [2.45, 2.75) is 12.0 Å². The number of piperazine rings is 1. The SMILES string of the molecule is OCC(F)(F)[C@H](c1c(O)cc(O)cc1O)N1CCNCC1. The van der Waals surface area contributed by atoms with Gasteiger partial charge in [-0.15, -0.1) is 0 Å². The second-order valence-electron chi connectivity index (χ2n) is 5.01. The highest BCUT2D eigenvalue weighted by atomic mass is 19.3. The number of hydrogen-bond donors (Lipinski definition) is 5. The summed E-state index contributed by atoms with van der Waals surface area (Å²) in [6.07, 6.45) is 0. The quantitative estimate of drug-likeness (QED) is 0.552. The lowest BCUT2D eigenvalue weighted by molar-refractivity contribution is -0.119. The molecule has 1 aromatic carbocycles. The van der Waals surface area contributed by atoms with E-state index in [0.29, 0.717) is 13.1 Å². The van der Waals surface area contributed by atoms with Crippen LogP contribution in [0, 0.1) is 0 Å². The Balaban J connectivity index is 2.49. The lowest BCUT2D eigenvalue weighted by Crippen LogP contribution is -2.51. The maximum absolute atomic E-state index is 14.2. The first-order chi connectivity index (χ1) is 9.86. The van der Waals surface area contributed by atoms with Crippen molar-refractivity contribution in [3.05, 3.63) is 17.7 Å². The Labute approximate surface area is 120 Å². The highest BCUT2D eigenvalue weighted by Gasteiger charge is 2.46. The fourth-order valence-corrected chi connectivity index (χ4v) is 2.58. The van der Waals surface area contributed by atoms with Crippen molar-refractivity contribution in [3.8, 4) is 17.2 Å². The number of phenolic OH excluding ortho intramolecular Hbond substituents is 3. The number of aliphatic hydroxyl groups is 1.